The van der Waals surface area contributed by atoms with Gasteiger partial charge in [0.1, 0.15) is 6.61 Å². The minimum absolute atomic E-state index is 0.384. The molecule has 22 heavy (non-hydrogen) atoms. The molecule has 0 saturated heterocycles. The molecule has 1 nitrogen and oxygen atoms in total. The van der Waals surface area contributed by atoms with Crippen LogP contribution in [0.15, 0.2) is 12.3 Å². The molecule has 0 aliphatic carbocycles. The van der Waals surface area contributed by atoms with Crippen molar-refractivity contribution in [3.63, 3.8) is 0 Å². The Balaban J connectivity index is 3.00. The molecule has 0 amide bonds. The lowest BCUT2D eigenvalue weighted by Gasteiger charge is -2.02. The summed E-state index contributed by atoms with van der Waals surface area (Å²) in [6.07, 6.45) is 29.8. The van der Waals surface area contributed by atoms with E-state index < -0.39 is 0 Å². The first kappa shape index (κ1) is 21.1. The molecule has 0 aromatic rings. The largest absolute Gasteiger partial charge is 0.489 e. The van der Waals surface area contributed by atoms with Crippen LogP contribution in [0.5, 0.6) is 0 Å². The molecule has 0 aromatic carbocycles. The Morgan fingerprint density at radius 2 is 1.18 bits per heavy atom. The van der Waals surface area contributed by atoms with Gasteiger partial charge in [-0.25, -0.2) is 0 Å². The van der Waals surface area contributed by atoms with Gasteiger partial charge >= 0.3 is 0 Å². The van der Waals surface area contributed by atoms with Crippen LogP contribution >= 0.6 is 0 Å². The van der Waals surface area contributed by atoms with Crippen molar-refractivity contribution >= 4 is 0 Å². The predicted molar refractivity (Wildman–Crippen MR) is 98.9 cm³/mol. The van der Waals surface area contributed by atoms with Gasteiger partial charge in [-0.05, 0) is 18.9 Å². The van der Waals surface area contributed by atoms with Crippen LogP contribution in [0, 0.1) is 12.3 Å². The highest BCUT2D eigenvalue weighted by atomic mass is 16.5. The van der Waals surface area contributed by atoms with Crippen molar-refractivity contribution in [3.8, 4) is 12.3 Å². The number of ether oxygens (including phenoxy) is 1. The summed E-state index contributed by atoms with van der Waals surface area (Å²) in [5.41, 5.74) is 0. The predicted octanol–water partition coefficient (Wildman–Crippen LogP) is 7.02. The molecule has 1 heteroatoms. The fraction of sp³-hybridized carbons (Fsp3) is 0.810. The summed E-state index contributed by atoms with van der Waals surface area (Å²) in [4.78, 5) is 0. The van der Waals surface area contributed by atoms with Gasteiger partial charge < -0.3 is 4.74 Å². The van der Waals surface area contributed by atoms with Gasteiger partial charge in [-0.2, -0.15) is 0 Å². The van der Waals surface area contributed by atoms with Gasteiger partial charge in [0.15, 0.2) is 0 Å². The molecule has 0 radical (unpaired) electrons. The molecule has 0 aliphatic rings. The number of hydrogen-bond donors (Lipinski definition) is 0. The molecule has 0 bridgehead atoms. The van der Waals surface area contributed by atoms with Crippen molar-refractivity contribution in [2.24, 2.45) is 0 Å². The minimum Gasteiger partial charge on any atom is -0.489 e. The third kappa shape index (κ3) is 19.1. The Labute approximate surface area is 139 Å². The fourth-order valence-corrected chi connectivity index (χ4v) is 2.69. The first-order valence-electron chi connectivity index (χ1n) is 9.62. The standard InChI is InChI=1S/C21H38O/c1-3-5-6-7-8-9-10-11-12-13-14-15-16-17-18-19-21-22-20-4-2/h2,19,21H,3,5-18,20H2,1H3/b21-19-. The van der Waals surface area contributed by atoms with E-state index in [9.17, 15) is 0 Å². The van der Waals surface area contributed by atoms with E-state index in [1.54, 1.807) is 6.26 Å². The van der Waals surface area contributed by atoms with Crippen LogP contribution in [0.25, 0.3) is 0 Å². The summed E-state index contributed by atoms with van der Waals surface area (Å²) in [7, 11) is 0. The van der Waals surface area contributed by atoms with Crippen LogP contribution in [-0.4, -0.2) is 6.61 Å². The number of allylic oxidation sites excluding steroid dienone is 1. The maximum atomic E-state index is 5.09. The Morgan fingerprint density at radius 1 is 0.727 bits per heavy atom. The van der Waals surface area contributed by atoms with Crippen LogP contribution in [-0.2, 0) is 4.74 Å². The highest BCUT2D eigenvalue weighted by Gasteiger charge is 1.93. The molecule has 0 unspecified atom stereocenters. The van der Waals surface area contributed by atoms with E-state index in [0.29, 0.717) is 6.61 Å². The van der Waals surface area contributed by atoms with Crippen molar-refractivity contribution in [2.45, 2.75) is 103 Å². The lowest BCUT2D eigenvalue weighted by Crippen LogP contribution is -1.83. The monoisotopic (exact) mass is 306 g/mol. The maximum absolute atomic E-state index is 5.09. The lowest BCUT2D eigenvalue weighted by molar-refractivity contribution is 0.295. The minimum atomic E-state index is 0.384. The van der Waals surface area contributed by atoms with Crippen molar-refractivity contribution in [1.82, 2.24) is 0 Å². The van der Waals surface area contributed by atoms with E-state index in [2.05, 4.69) is 18.9 Å². The Kier molecular flexibility index (Phi) is 19.3. The molecule has 0 aliphatic heterocycles. The molecular weight excluding hydrogens is 268 g/mol. The third-order valence-corrected chi connectivity index (χ3v) is 4.08. The normalized spacial score (nSPS) is 10.9. The first-order valence-corrected chi connectivity index (χ1v) is 9.62. The topological polar surface area (TPSA) is 9.23 Å². The molecule has 128 valence electrons. The van der Waals surface area contributed by atoms with Gasteiger partial charge in [-0.1, -0.05) is 96.3 Å². The summed E-state index contributed by atoms with van der Waals surface area (Å²) in [5.74, 6) is 2.45. The summed E-state index contributed by atoms with van der Waals surface area (Å²) in [5, 5.41) is 0. The molecule has 0 heterocycles. The summed E-state index contributed by atoms with van der Waals surface area (Å²) >= 11 is 0. The maximum Gasteiger partial charge on any atom is 0.147 e. The average molecular weight is 307 g/mol. The fourth-order valence-electron chi connectivity index (χ4n) is 2.69. The number of rotatable bonds is 17. The van der Waals surface area contributed by atoms with E-state index in [1.165, 1.54) is 89.9 Å². The van der Waals surface area contributed by atoms with E-state index in [-0.39, 0.29) is 0 Å². The zero-order valence-electron chi connectivity index (χ0n) is 15.0. The zero-order chi connectivity index (χ0) is 16.1. The van der Waals surface area contributed by atoms with E-state index in [1.807, 2.05) is 0 Å². The number of terminal acetylenes is 1. The van der Waals surface area contributed by atoms with E-state index in [0.717, 1.165) is 6.42 Å². The Hall–Kier alpha value is -0.900. The molecule has 0 N–H and O–H groups in total. The Morgan fingerprint density at radius 3 is 1.64 bits per heavy atom. The summed E-state index contributed by atoms with van der Waals surface area (Å²) < 4.78 is 5.09. The molecule has 0 spiro atoms. The van der Waals surface area contributed by atoms with Gasteiger partial charge in [0.25, 0.3) is 0 Å². The second-order valence-electron chi connectivity index (χ2n) is 6.27. The van der Waals surface area contributed by atoms with Gasteiger partial charge in [-0.15, -0.1) is 6.42 Å². The smallest absolute Gasteiger partial charge is 0.147 e. The first-order chi connectivity index (χ1) is 10.9. The molecule has 0 fully saturated rings. The SMILES string of the molecule is C#CCO/C=C\CCCCCCCCCCCCCCCC. The quantitative estimate of drug-likeness (QED) is 0.159. The third-order valence-electron chi connectivity index (χ3n) is 4.08. The van der Waals surface area contributed by atoms with Gasteiger partial charge in [-0.3, -0.25) is 0 Å². The highest BCUT2D eigenvalue weighted by molar-refractivity contribution is 4.85. The van der Waals surface area contributed by atoms with Gasteiger partial charge in [0.05, 0.1) is 6.26 Å². The second-order valence-corrected chi connectivity index (χ2v) is 6.27. The number of hydrogen-bond acceptors (Lipinski definition) is 1. The molecule has 0 saturated carbocycles. The van der Waals surface area contributed by atoms with Crippen molar-refractivity contribution in [2.75, 3.05) is 6.61 Å². The van der Waals surface area contributed by atoms with E-state index in [4.69, 9.17) is 11.2 Å². The van der Waals surface area contributed by atoms with Crippen LogP contribution in [0.3, 0.4) is 0 Å². The summed E-state index contributed by atoms with van der Waals surface area (Å²) in [6, 6.07) is 0. The number of unbranched alkanes of at least 4 members (excludes halogenated alkanes) is 14. The van der Waals surface area contributed by atoms with Crippen LogP contribution in [0.1, 0.15) is 103 Å². The van der Waals surface area contributed by atoms with Crippen molar-refractivity contribution in [3.05, 3.63) is 12.3 Å². The summed E-state index contributed by atoms with van der Waals surface area (Å²) in [6.45, 7) is 2.67. The van der Waals surface area contributed by atoms with Crippen molar-refractivity contribution in [1.29, 1.82) is 0 Å². The molecule has 0 rings (SSSR count). The average Bonchev–Trinajstić information content (AvgIpc) is 2.54. The van der Waals surface area contributed by atoms with Gasteiger partial charge in [0.2, 0.25) is 0 Å². The molecule has 0 atom stereocenters. The van der Waals surface area contributed by atoms with Crippen molar-refractivity contribution < 1.29 is 4.74 Å². The lowest BCUT2D eigenvalue weighted by atomic mass is 10.0. The second kappa shape index (κ2) is 20.1. The van der Waals surface area contributed by atoms with Gasteiger partial charge in [0, 0.05) is 0 Å². The highest BCUT2D eigenvalue weighted by Crippen LogP contribution is 2.13. The van der Waals surface area contributed by atoms with Crippen LogP contribution in [0.2, 0.25) is 0 Å². The van der Waals surface area contributed by atoms with E-state index >= 15 is 0 Å². The van der Waals surface area contributed by atoms with Crippen LogP contribution in [0.4, 0.5) is 0 Å². The molecular formula is C21H38O. The Bertz CT molecular complexity index is 262. The van der Waals surface area contributed by atoms with Crippen LogP contribution < -0.4 is 0 Å². The molecule has 0 aromatic heterocycles. The zero-order valence-corrected chi connectivity index (χ0v) is 15.0.